The van der Waals surface area contributed by atoms with Crippen molar-refractivity contribution in [1.82, 2.24) is 29.4 Å². The van der Waals surface area contributed by atoms with Crippen molar-refractivity contribution in [3.05, 3.63) is 30.5 Å². The fraction of sp³-hybridized carbons (Fsp3) is 0.500. The Balaban J connectivity index is 1.79. The van der Waals surface area contributed by atoms with E-state index < -0.39 is 0 Å². The molecule has 3 aromatic heterocycles. The van der Waals surface area contributed by atoms with E-state index in [-0.39, 0.29) is 6.04 Å². The van der Waals surface area contributed by atoms with E-state index in [0.29, 0.717) is 12.5 Å². The Morgan fingerprint density at radius 3 is 3.09 bits per heavy atom. The molecular weight excluding hydrogens is 292 g/mol. The van der Waals surface area contributed by atoms with Gasteiger partial charge in [0.2, 0.25) is 0 Å². The highest BCUT2D eigenvalue weighted by Crippen LogP contribution is 2.26. The van der Waals surface area contributed by atoms with E-state index in [1.807, 2.05) is 23.0 Å². The molecule has 0 radical (unpaired) electrons. The van der Waals surface area contributed by atoms with Gasteiger partial charge >= 0.3 is 0 Å². The van der Waals surface area contributed by atoms with Crippen LogP contribution in [-0.2, 0) is 11.2 Å². The van der Waals surface area contributed by atoms with Gasteiger partial charge in [-0.25, -0.2) is 19.2 Å². The number of pyridine rings is 1. The van der Waals surface area contributed by atoms with Crippen LogP contribution in [0.4, 0.5) is 0 Å². The standard InChI is InChI=1S/C16H20N6O/c1-11(2)7-14-19-16(22(20-14)13-4-6-23-9-13)12-3-5-21-15(8-12)17-10-18-21/h3,5,8,10-11,13H,4,6-7,9H2,1-2H3. The van der Waals surface area contributed by atoms with Gasteiger partial charge in [-0.3, -0.25) is 0 Å². The zero-order chi connectivity index (χ0) is 15.8. The summed E-state index contributed by atoms with van der Waals surface area (Å²) in [6, 6.07) is 4.27. The molecule has 3 aromatic rings. The van der Waals surface area contributed by atoms with Crippen molar-refractivity contribution in [3.63, 3.8) is 0 Å². The first-order valence-corrected chi connectivity index (χ1v) is 8.03. The summed E-state index contributed by atoms with van der Waals surface area (Å²) in [5.74, 6) is 2.31. The molecule has 7 heteroatoms. The Morgan fingerprint density at radius 1 is 1.39 bits per heavy atom. The number of nitrogens with zero attached hydrogens (tertiary/aromatic N) is 6. The van der Waals surface area contributed by atoms with Gasteiger partial charge in [0.15, 0.2) is 17.3 Å². The van der Waals surface area contributed by atoms with Gasteiger partial charge in [-0.2, -0.15) is 10.2 Å². The van der Waals surface area contributed by atoms with Crippen LogP contribution in [-0.4, -0.2) is 42.6 Å². The van der Waals surface area contributed by atoms with Gasteiger partial charge in [-0.15, -0.1) is 0 Å². The van der Waals surface area contributed by atoms with Crippen molar-refractivity contribution in [2.24, 2.45) is 5.92 Å². The predicted molar refractivity (Wildman–Crippen MR) is 85.0 cm³/mol. The second-order valence-corrected chi connectivity index (χ2v) is 6.39. The first kappa shape index (κ1) is 14.3. The molecule has 1 aliphatic rings. The first-order chi connectivity index (χ1) is 11.2. The second kappa shape index (κ2) is 5.73. The van der Waals surface area contributed by atoms with Crippen molar-refractivity contribution in [2.45, 2.75) is 32.7 Å². The zero-order valence-electron chi connectivity index (χ0n) is 13.4. The van der Waals surface area contributed by atoms with Gasteiger partial charge in [0.1, 0.15) is 6.33 Å². The molecule has 0 N–H and O–H groups in total. The third-order valence-electron chi connectivity index (χ3n) is 4.06. The van der Waals surface area contributed by atoms with Crippen molar-refractivity contribution in [1.29, 1.82) is 0 Å². The minimum Gasteiger partial charge on any atom is -0.379 e. The summed E-state index contributed by atoms with van der Waals surface area (Å²) in [5, 5.41) is 8.90. The fourth-order valence-electron chi connectivity index (χ4n) is 2.94. The molecule has 4 rings (SSSR count). The van der Waals surface area contributed by atoms with E-state index in [9.17, 15) is 0 Å². The molecule has 0 amide bonds. The molecule has 1 atom stereocenters. The van der Waals surface area contributed by atoms with Crippen LogP contribution in [0.5, 0.6) is 0 Å². The number of hydrogen-bond acceptors (Lipinski definition) is 5. The minimum absolute atomic E-state index is 0.257. The summed E-state index contributed by atoms with van der Waals surface area (Å²) in [7, 11) is 0. The van der Waals surface area contributed by atoms with E-state index >= 15 is 0 Å². The van der Waals surface area contributed by atoms with E-state index in [4.69, 9.17) is 14.8 Å². The van der Waals surface area contributed by atoms with Gasteiger partial charge in [0.25, 0.3) is 0 Å². The van der Waals surface area contributed by atoms with Crippen LogP contribution in [0.1, 0.15) is 32.1 Å². The highest BCUT2D eigenvalue weighted by Gasteiger charge is 2.24. The highest BCUT2D eigenvalue weighted by atomic mass is 16.5. The molecule has 1 saturated heterocycles. The number of aromatic nitrogens is 6. The molecule has 120 valence electrons. The molecule has 0 spiro atoms. The lowest BCUT2D eigenvalue weighted by molar-refractivity contribution is 0.184. The molecule has 23 heavy (non-hydrogen) atoms. The Kier molecular flexibility index (Phi) is 3.57. The molecule has 0 bridgehead atoms. The maximum atomic E-state index is 5.54. The van der Waals surface area contributed by atoms with Crippen LogP contribution >= 0.6 is 0 Å². The van der Waals surface area contributed by atoms with E-state index in [0.717, 1.165) is 42.3 Å². The summed E-state index contributed by atoms with van der Waals surface area (Å²) < 4.78 is 9.32. The number of fused-ring (bicyclic) bond motifs is 1. The van der Waals surface area contributed by atoms with E-state index in [1.165, 1.54) is 0 Å². The summed E-state index contributed by atoms with van der Waals surface area (Å²) in [6.45, 7) is 5.85. The summed E-state index contributed by atoms with van der Waals surface area (Å²) in [6.07, 6.45) is 5.31. The molecule has 1 aliphatic heterocycles. The predicted octanol–water partition coefficient (Wildman–Crippen LogP) is 2.15. The Hall–Kier alpha value is -2.28. The van der Waals surface area contributed by atoms with Crippen molar-refractivity contribution >= 4 is 5.65 Å². The van der Waals surface area contributed by atoms with Gasteiger partial charge in [-0.05, 0) is 24.5 Å². The smallest absolute Gasteiger partial charge is 0.158 e. The quantitative estimate of drug-likeness (QED) is 0.738. The molecule has 0 saturated carbocycles. The Labute approximate surface area is 134 Å². The highest BCUT2D eigenvalue weighted by molar-refractivity contribution is 5.61. The van der Waals surface area contributed by atoms with Crippen LogP contribution in [0, 0.1) is 5.92 Å². The topological polar surface area (TPSA) is 70.1 Å². The van der Waals surface area contributed by atoms with Gasteiger partial charge in [0.05, 0.1) is 12.6 Å². The lowest BCUT2D eigenvalue weighted by atomic mass is 10.1. The maximum Gasteiger partial charge on any atom is 0.158 e. The van der Waals surface area contributed by atoms with E-state index in [2.05, 4.69) is 23.9 Å². The molecule has 0 aliphatic carbocycles. The fourth-order valence-corrected chi connectivity index (χ4v) is 2.94. The average molecular weight is 312 g/mol. The average Bonchev–Trinajstić information content (AvgIpc) is 3.25. The normalized spacial score (nSPS) is 18.3. The third kappa shape index (κ3) is 2.72. The number of ether oxygens (including phenoxy) is 1. The molecular formula is C16H20N6O. The first-order valence-electron chi connectivity index (χ1n) is 8.03. The summed E-state index contributed by atoms with van der Waals surface area (Å²) >= 11 is 0. The van der Waals surface area contributed by atoms with Gasteiger partial charge < -0.3 is 4.74 Å². The molecule has 0 aromatic carbocycles. The summed E-state index contributed by atoms with van der Waals surface area (Å²) in [4.78, 5) is 9.05. The molecule has 7 nitrogen and oxygen atoms in total. The largest absolute Gasteiger partial charge is 0.379 e. The minimum atomic E-state index is 0.257. The van der Waals surface area contributed by atoms with Crippen LogP contribution in [0.25, 0.3) is 17.0 Å². The number of hydrogen-bond donors (Lipinski definition) is 0. The van der Waals surface area contributed by atoms with E-state index in [1.54, 1.807) is 10.8 Å². The molecule has 1 unspecified atom stereocenters. The monoisotopic (exact) mass is 312 g/mol. The van der Waals surface area contributed by atoms with Crippen LogP contribution in [0.3, 0.4) is 0 Å². The second-order valence-electron chi connectivity index (χ2n) is 6.39. The Morgan fingerprint density at radius 2 is 2.30 bits per heavy atom. The van der Waals surface area contributed by atoms with Crippen LogP contribution in [0.15, 0.2) is 24.7 Å². The summed E-state index contributed by atoms with van der Waals surface area (Å²) in [5.41, 5.74) is 1.82. The van der Waals surface area contributed by atoms with Gasteiger partial charge in [-0.1, -0.05) is 13.8 Å². The lowest BCUT2D eigenvalue weighted by Crippen LogP contribution is -2.12. The van der Waals surface area contributed by atoms with Crippen LogP contribution in [0.2, 0.25) is 0 Å². The Bertz CT molecular complexity index is 815. The SMILES string of the molecule is CC(C)Cc1nc(-c2ccn3ncnc3c2)n(C2CCOC2)n1. The molecule has 4 heterocycles. The zero-order valence-corrected chi connectivity index (χ0v) is 13.4. The third-order valence-corrected chi connectivity index (χ3v) is 4.06. The van der Waals surface area contributed by atoms with Crippen molar-refractivity contribution < 1.29 is 4.74 Å². The maximum absolute atomic E-state index is 5.54. The molecule has 1 fully saturated rings. The number of rotatable bonds is 4. The lowest BCUT2D eigenvalue weighted by Gasteiger charge is -2.11. The van der Waals surface area contributed by atoms with Crippen LogP contribution < -0.4 is 0 Å². The van der Waals surface area contributed by atoms with Gasteiger partial charge in [0, 0.05) is 24.8 Å². The van der Waals surface area contributed by atoms with Crippen molar-refractivity contribution in [3.8, 4) is 11.4 Å². The van der Waals surface area contributed by atoms with Crippen molar-refractivity contribution in [2.75, 3.05) is 13.2 Å².